The van der Waals surface area contributed by atoms with Crippen molar-refractivity contribution in [3.63, 3.8) is 0 Å². The highest BCUT2D eigenvalue weighted by atomic mass is 32.2. The third-order valence-electron chi connectivity index (χ3n) is 3.92. The van der Waals surface area contributed by atoms with Gasteiger partial charge < -0.3 is 5.32 Å². The predicted molar refractivity (Wildman–Crippen MR) is 94.8 cm³/mol. The fraction of sp³-hybridized carbons (Fsp3) is 0.222. The van der Waals surface area contributed by atoms with Gasteiger partial charge in [0.25, 0.3) is 5.91 Å². The Morgan fingerprint density at radius 3 is 2.52 bits per heavy atom. The molecule has 0 radical (unpaired) electrons. The predicted octanol–water partition coefficient (Wildman–Crippen LogP) is 3.43. The summed E-state index contributed by atoms with van der Waals surface area (Å²) in [6, 6.07) is 14.0. The van der Waals surface area contributed by atoms with Gasteiger partial charge in [-0.05, 0) is 55.1 Å². The van der Waals surface area contributed by atoms with Crippen molar-refractivity contribution in [2.45, 2.75) is 25.5 Å². The van der Waals surface area contributed by atoms with E-state index in [2.05, 4.69) is 10.3 Å². The zero-order valence-electron chi connectivity index (χ0n) is 13.5. The molecule has 23 heavy (non-hydrogen) atoms. The maximum atomic E-state index is 12.5. The number of hydrogen-bond donors (Lipinski definition) is 2. The molecule has 118 valence electrons. The summed E-state index contributed by atoms with van der Waals surface area (Å²) in [4.78, 5) is 15.9. The molecular weight excluding hydrogens is 306 g/mol. The number of aromatic amines is 1. The summed E-state index contributed by atoms with van der Waals surface area (Å²) < 4.78 is 2.02. The average molecular weight is 326 g/mol. The van der Waals surface area contributed by atoms with Gasteiger partial charge in [-0.2, -0.15) is 0 Å². The van der Waals surface area contributed by atoms with E-state index < -0.39 is 0 Å². The van der Waals surface area contributed by atoms with Crippen LogP contribution < -0.4 is 9.88 Å². The average Bonchev–Trinajstić information content (AvgIpc) is 2.89. The molecule has 2 aromatic carbocycles. The number of nitrogens with zero attached hydrogens (tertiary/aromatic N) is 1. The zero-order chi connectivity index (χ0) is 16.4. The van der Waals surface area contributed by atoms with E-state index in [9.17, 15) is 4.79 Å². The van der Waals surface area contributed by atoms with Crippen molar-refractivity contribution in [2.24, 2.45) is 0 Å². The molecule has 0 bridgehead atoms. The third-order valence-corrected chi connectivity index (χ3v) is 4.63. The molecule has 1 amide bonds. The normalized spacial score (nSPS) is 10.9. The minimum Gasteiger partial charge on any atom is -0.322 e. The fourth-order valence-electron chi connectivity index (χ4n) is 2.76. The van der Waals surface area contributed by atoms with E-state index in [-0.39, 0.29) is 12.5 Å². The van der Waals surface area contributed by atoms with Crippen LogP contribution in [0.2, 0.25) is 0 Å². The van der Waals surface area contributed by atoms with E-state index in [1.807, 2.05) is 67.1 Å². The van der Waals surface area contributed by atoms with Crippen LogP contribution in [0.3, 0.4) is 0 Å². The van der Waals surface area contributed by atoms with Crippen LogP contribution >= 0.6 is 11.8 Å². The van der Waals surface area contributed by atoms with Crippen LogP contribution in [-0.4, -0.2) is 17.1 Å². The molecule has 5 heteroatoms. The van der Waals surface area contributed by atoms with Gasteiger partial charge in [-0.3, -0.25) is 4.79 Å². The number of hydrogen-bond acceptors (Lipinski definition) is 2. The molecule has 0 aliphatic carbocycles. The van der Waals surface area contributed by atoms with Crippen LogP contribution in [0.4, 0.5) is 5.69 Å². The van der Waals surface area contributed by atoms with Crippen LogP contribution in [-0.2, 0) is 11.3 Å². The van der Waals surface area contributed by atoms with Gasteiger partial charge in [0.15, 0.2) is 17.6 Å². The van der Waals surface area contributed by atoms with Crippen molar-refractivity contribution in [1.29, 1.82) is 0 Å². The van der Waals surface area contributed by atoms with Crippen molar-refractivity contribution < 1.29 is 9.36 Å². The van der Waals surface area contributed by atoms with Crippen molar-refractivity contribution >= 4 is 34.4 Å². The second kappa shape index (κ2) is 6.46. The number of carbonyl (C=O) groups excluding carboxylic acids is 1. The smallest absolute Gasteiger partial charge is 0.316 e. The first-order valence-electron chi connectivity index (χ1n) is 7.50. The Labute approximate surface area is 139 Å². The molecule has 1 heterocycles. The Morgan fingerprint density at radius 1 is 1.13 bits per heavy atom. The first-order valence-corrected chi connectivity index (χ1v) is 8.73. The molecule has 0 aliphatic heterocycles. The number of benzene rings is 2. The Kier molecular flexibility index (Phi) is 4.39. The number of aryl methyl sites for hydroxylation is 2. The van der Waals surface area contributed by atoms with Crippen molar-refractivity contribution in [2.75, 3.05) is 11.6 Å². The summed E-state index contributed by atoms with van der Waals surface area (Å²) in [5.41, 5.74) is 5.13. The van der Waals surface area contributed by atoms with E-state index in [0.29, 0.717) is 0 Å². The first kappa shape index (κ1) is 15.6. The second-order valence-electron chi connectivity index (χ2n) is 5.55. The number of imidazole rings is 1. The maximum Gasteiger partial charge on any atom is 0.316 e. The monoisotopic (exact) mass is 326 g/mol. The molecule has 0 saturated carbocycles. The number of aromatic nitrogens is 2. The Bertz CT molecular complexity index is 850. The molecule has 0 atom stereocenters. The lowest BCUT2D eigenvalue weighted by molar-refractivity contribution is -0.695. The quantitative estimate of drug-likeness (QED) is 0.570. The van der Waals surface area contributed by atoms with Gasteiger partial charge >= 0.3 is 5.16 Å². The summed E-state index contributed by atoms with van der Waals surface area (Å²) in [5.74, 6) is -0.0209. The van der Waals surface area contributed by atoms with Crippen LogP contribution in [0.1, 0.15) is 11.1 Å². The van der Waals surface area contributed by atoms with Gasteiger partial charge in [0.1, 0.15) is 0 Å². The van der Waals surface area contributed by atoms with Gasteiger partial charge in [-0.15, -0.1) is 0 Å². The molecule has 1 aromatic heterocycles. The molecule has 0 spiro atoms. The molecule has 4 nitrogen and oxygen atoms in total. The van der Waals surface area contributed by atoms with E-state index >= 15 is 0 Å². The largest absolute Gasteiger partial charge is 0.322 e. The highest BCUT2D eigenvalue weighted by Crippen LogP contribution is 2.20. The Hall–Kier alpha value is -2.27. The number of thioether (sulfide) groups is 1. The maximum absolute atomic E-state index is 12.5. The minimum atomic E-state index is -0.0209. The van der Waals surface area contributed by atoms with Crippen molar-refractivity contribution in [3.8, 4) is 0 Å². The van der Waals surface area contributed by atoms with Gasteiger partial charge in [0.05, 0.1) is 0 Å². The summed E-state index contributed by atoms with van der Waals surface area (Å²) in [6.07, 6.45) is 2.00. The number of nitrogens with one attached hydrogen (secondary N) is 2. The topological polar surface area (TPSA) is 48.8 Å². The van der Waals surface area contributed by atoms with Gasteiger partial charge in [0, 0.05) is 5.69 Å². The minimum absolute atomic E-state index is 0.0209. The molecule has 0 saturated heterocycles. The van der Waals surface area contributed by atoms with Gasteiger partial charge in [0.2, 0.25) is 0 Å². The number of H-pyrrole nitrogens is 1. The fourth-order valence-corrected chi connectivity index (χ4v) is 3.35. The molecular formula is C18H20N3OS+. The molecule has 2 N–H and O–H groups in total. The molecule has 3 rings (SSSR count). The highest BCUT2D eigenvalue weighted by Gasteiger charge is 2.20. The lowest BCUT2D eigenvalue weighted by atomic mass is 10.1. The van der Waals surface area contributed by atoms with Gasteiger partial charge in [-0.25, -0.2) is 9.55 Å². The van der Waals surface area contributed by atoms with E-state index in [1.54, 1.807) is 11.8 Å². The van der Waals surface area contributed by atoms with E-state index in [0.717, 1.165) is 33.0 Å². The van der Waals surface area contributed by atoms with Crippen LogP contribution in [0.25, 0.3) is 11.0 Å². The van der Waals surface area contributed by atoms with Crippen LogP contribution in [0, 0.1) is 13.8 Å². The lowest BCUT2D eigenvalue weighted by Crippen LogP contribution is -2.41. The zero-order valence-corrected chi connectivity index (χ0v) is 14.3. The number of fused-ring (bicyclic) bond motifs is 1. The molecule has 0 unspecified atom stereocenters. The Balaban J connectivity index is 1.89. The number of amides is 1. The standard InChI is InChI=1S/C18H19N3OS/c1-12-7-6-8-13(2)17(12)20-16(22)11-21-15-10-5-4-9-14(15)19-18(21)23-3/h4-10H,11H2,1-3H3,(H,20,22)/p+1. The first-order chi connectivity index (χ1) is 11.1. The molecule has 3 aromatic rings. The SMILES string of the molecule is CSc1[nH]c2ccccc2[n+]1CC(=O)Nc1c(C)cccc1C. The molecule has 0 fully saturated rings. The summed E-state index contributed by atoms with van der Waals surface area (Å²) in [7, 11) is 0. The van der Waals surface area contributed by atoms with Crippen molar-refractivity contribution in [3.05, 3.63) is 53.6 Å². The summed E-state index contributed by atoms with van der Waals surface area (Å²) in [5, 5.41) is 4.02. The third kappa shape index (κ3) is 3.10. The Morgan fingerprint density at radius 2 is 1.83 bits per heavy atom. The number of para-hydroxylation sites is 3. The highest BCUT2D eigenvalue weighted by molar-refractivity contribution is 7.98. The van der Waals surface area contributed by atoms with Crippen LogP contribution in [0.15, 0.2) is 47.6 Å². The van der Waals surface area contributed by atoms with E-state index in [4.69, 9.17) is 0 Å². The number of rotatable bonds is 4. The van der Waals surface area contributed by atoms with Crippen LogP contribution in [0.5, 0.6) is 0 Å². The second-order valence-corrected chi connectivity index (χ2v) is 6.35. The van der Waals surface area contributed by atoms with E-state index in [1.165, 1.54) is 0 Å². The number of carbonyl (C=O) groups is 1. The van der Waals surface area contributed by atoms with Gasteiger partial charge in [-0.1, -0.05) is 30.3 Å². The summed E-state index contributed by atoms with van der Waals surface area (Å²) >= 11 is 1.60. The molecule has 0 aliphatic rings. The number of anilines is 1. The lowest BCUT2D eigenvalue weighted by Gasteiger charge is -2.10. The van der Waals surface area contributed by atoms with Crippen molar-refractivity contribution in [1.82, 2.24) is 4.98 Å². The summed E-state index contributed by atoms with van der Waals surface area (Å²) in [6.45, 7) is 4.30.